The van der Waals surface area contributed by atoms with Crippen LogP contribution in [0.4, 0.5) is 4.53 Å². The summed E-state index contributed by atoms with van der Waals surface area (Å²) < 4.78 is 35.4. The van der Waals surface area contributed by atoms with Crippen molar-refractivity contribution in [3.63, 3.8) is 0 Å². The fourth-order valence-electron chi connectivity index (χ4n) is 4.08. The molecule has 0 unspecified atom stereocenters. The van der Waals surface area contributed by atoms with Crippen LogP contribution in [0.25, 0.3) is 12.3 Å². The van der Waals surface area contributed by atoms with Gasteiger partial charge in [0.25, 0.3) is 0 Å². The zero-order valence-electron chi connectivity index (χ0n) is 24.5. The van der Waals surface area contributed by atoms with Crippen molar-refractivity contribution in [3.05, 3.63) is 28.8 Å². The van der Waals surface area contributed by atoms with Gasteiger partial charge in [0.15, 0.2) is 0 Å². The molecule has 4 N–H and O–H groups in total. The molecule has 1 aliphatic rings. The minimum atomic E-state index is -0.0834. The molecule has 2 heterocycles. The molecule has 0 spiro atoms. The minimum absolute atomic E-state index is 0.0834. The highest BCUT2D eigenvalue weighted by Crippen LogP contribution is 2.13. The Kier molecular flexibility index (Phi) is 19.5. The second kappa shape index (κ2) is 22.1. The monoisotopic (exact) mass is 569 g/mol. The first-order chi connectivity index (χ1) is 19.5. The van der Waals surface area contributed by atoms with Crippen molar-refractivity contribution in [1.82, 2.24) is 14.5 Å². The highest BCUT2D eigenvalue weighted by atomic mass is 19.3. The van der Waals surface area contributed by atoms with Crippen LogP contribution in [0.15, 0.2) is 22.3 Å². The Balaban J connectivity index is 0.00000391. The van der Waals surface area contributed by atoms with E-state index in [1.54, 1.807) is 13.3 Å². The van der Waals surface area contributed by atoms with Crippen molar-refractivity contribution < 1.29 is 28.4 Å². The van der Waals surface area contributed by atoms with Crippen molar-refractivity contribution in [2.45, 2.75) is 51.9 Å². The van der Waals surface area contributed by atoms with Gasteiger partial charge in [-0.05, 0) is 51.4 Å². The summed E-state index contributed by atoms with van der Waals surface area (Å²) >= 11 is 0. The summed E-state index contributed by atoms with van der Waals surface area (Å²) in [5, 5.41) is 1.64. The molecule has 0 atom stereocenters. The number of guanidine groups is 1. The first-order valence-electron chi connectivity index (χ1n) is 13.6. The normalized spacial score (nSPS) is 15.8. The molecule has 0 aromatic carbocycles. The molecule has 228 valence electrons. The summed E-state index contributed by atoms with van der Waals surface area (Å²) in [6, 6.07) is 0.163. The van der Waals surface area contributed by atoms with Gasteiger partial charge < -0.3 is 39.9 Å². The maximum absolute atomic E-state index is 11.5. The average molecular weight is 570 g/mol. The van der Waals surface area contributed by atoms with Crippen LogP contribution >= 0.6 is 0 Å². The fourth-order valence-corrected chi connectivity index (χ4v) is 4.08. The summed E-state index contributed by atoms with van der Waals surface area (Å²) in [4.78, 5) is 18.8. The van der Waals surface area contributed by atoms with Crippen LogP contribution in [-0.2, 0) is 30.5 Å². The van der Waals surface area contributed by atoms with Crippen LogP contribution in [-0.4, -0.2) is 100 Å². The van der Waals surface area contributed by atoms with Gasteiger partial charge in [-0.3, -0.25) is 0 Å². The Bertz CT molecular complexity index is 992. The van der Waals surface area contributed by atoms with E-state index in [2.05, 4.69) is 61.8 Å². The van der Waals surface area contributed by atoms with Crippen molar-refractivity contribution in [2.24, 2.45) is 21.5 Å². The summed E-state index contributed by atoms with van der Waals surface area (Å²) in [5.41, 5.74) is 10.4. The van der Waals surface area contributed by atoms with E-state index >= 15 is 0 Å². The van der Waals surface area contributed by atoms with E-state index in [9.17, 15) is 4.53 Å². The predicted octanol–water partition coefficient (Wildman–Crippen LogP) is 1.04. The van der Waals surface area contributed by atoms with Gasteiger partial charge >= 0.3 is 0 Å². The van der Waals surface area contributed by atoms with Gasteiger partial charge in [-0.25, -0.2) is 15.0 Å². The average Bonchev–Trinajstić information content (AvgIpc) is 3.34. The quantitative estimate of drug-likeness (QED) is 0.169. The molecule has 40 heavy (non-hydrogen) atoms. The van der Waals surface area contributed by atoms with Gasteiger partial charge in [-0.15, -0.1) is 0 Å². The number of likely N-dealkylation sites (tertiary alicyclic amines) is 1. The predicted molar refractivity (Wildman–Crippen MR) is 156 cm³/mol. The molecular weight excluding hydrogens is 521 g/mol. The number of aliphatic imine (C=N–C) groups is 2. The van der Waals surface area contributed by atoms with E-state index in [0.717, 1.165) is 37.1 Å². The van der Waals surface area contributed by atoms with Gasteiger partial charge in [-0.2, -0.15) is 4.94 Å². The van der Waals surface area contributed by atoms with E-state index in [1.807, 2.05) is 6.08 Å². The smallest absolute Gasteiger partial charge is 0.224 e. The van der Waals surface area contributed by atoms with Crippen LogP contribution in [0, 0.1) is 0 Å². The number of ether oxygens (including phenoxy) is 4. The Morgan fingerprint density at radius 2 is 1.73 bits per heavy atom. The number of methoxy groups -OCH3 is 1. The molecule has 1 saturated heterocycles. The second-order valence-electron chi connectivity index (χ2n) is 8.85. The number of nitrogens with two attached hydrogens (primary N) is 2. The van der Waals surface area contributed by atoms with E-state index in [0.29, 0.717) is 56.9 Å². The maximum Gasteiger partial charge on any atom is 0.224 e. The van der Waals surface area contributed by atoms with Crippen LogP contribution in [0.2, 0.25) is 0 Å². The van der Waals surface area contributed by atoms with Crippen LogP contribution in [0.3, 0.4) is 0 Å². The topological polar surface area (TPSA) is 144 Å². The molecule has 0 aliphatic carbocycles. The molecule has 13 heteroatoms. The zero-order chi connectivity index (χ0) is 29.6. The number of imidazole rings is 1. The lowest BCUT2D eigenvalue weighted by Gasteiger charge is -2.31. The lowest BCUT2D eigenvalue weighted by molar-refractivity contribution is -0.147. The van der Waals surface area contributed by atoms with Gasteiger partial charge in [0.1, 0.15) is 24.4 Å². The number of hydrogen-bond acceptors (Lipinski definition) is 9. The van der Waals surface area contributed by atoms with Crippen molar-refractivity contribution in [1.29, 1.82) is 0 Å². The summed E-state index contributed by atoms with van der Waals surface area (Å²) in [5.74, 6) is 1.42. The number of aromatic nitrogens is 2. The van der Waals surface area contributed by atoms with E-state index in [1.165, 1.54) is 13.2 Å². The summed E-state index contributed by atoms with van der Waals surface area (Å²) in [7, 11) is 3.25. The third-order valence-electron chi connectivity index (χ3n) is 5.95. The van der Waals surface area contributed by atoms with Crippen molar-refractivity contribution in [3.8, 4) is 0 Å². The first kappa shape index (κ1) is 35.3. The minimum Gasteiger partial charge on any atom is -0.403 e. The highest BCUT2D eigenvalue weighted by molar-refractivity contribution is 5.84. The van der Waals surface area contributed by atoms with Crippen LogP contribution < -0.4 is 22.2 Å². The van der Waals surface area contributed by atoms with Crippen molar-refractivity contribution >= 4 is 25.0 Å². The van der Waals surface area contributed by atoms with Gasteiger partial charge in [0.2, 0.25) is 5.96 Å². The number of allylic oxidation sites excluding steroid dienone is 1. The maximum atomic E-state index is 11.5. The van der Waals surface area contributed by atoms with Gasteiger partial charge in [0, 0.05) is 38.6 Å². The number of nitrogens with zero attached hydrogens (tertiary/aromatic N) is 5. The molecule has 1 aliphatic heterocycles. The SMILES string of the molecule is C=NC(=N/C=C\C/C=c1\c(=C/N)nc(COCCOCCOCCOF)n1C(C)C)N1CCC(OC)CC1.CN. The van der Waals surface area contributed by atoms with Crippen LogP contribution in [0.5, 0.6) is 0 Å². The summed E-state index contributed by atoms with van der Waals surface area (Å²) in [6.07, 6.45) is 10.2. The van der Waals surface area contributed by atoms with E-state index in [4.69, 9.17) is 24.7 Å². The molecule has 12 nitrogen and oxygen atoms in total. The highest BCUT2D eigenvalue weighted by Gasteiger charge is 2.20. The molecule has 1 aromatic heterocycles. The molecule has 1 aromatic rings. The lowest BCUT2D eigenvalue weighted by Crippen LogP contribution is -2.39. The zero-order valence-corrected chi connectivity index (χ0v) is 24.5. The molecule has 2 rings (SSSR count). The molecule has 0 radical (unpaired) electrons. The Labute approximate surface area is 237 Å². The van der Waals surface area contributed by atoms with Crippen molar-refractivity contribution in [2.75, 3.05) is 66.9 Å². The van der Waals surface area contributed by atoms with E-state index in [-0.39, 0.29) is 19.3 Å². The Hall–Kier alpha value is -2.68. The largest absolute Gasteiger partial charge is 0.403 e. The lowest BCUT2D eigenvalue weighted by atomic mass is 10.1. The Morgan fingerprint density at radius 1 is 1.10 bits per heavy atom. The first-order valence-corrected chi connectivity index (χ1v) is 13.6. The molecule has 1 fully saturated rings. The third kappa shape index (κ3) is 12.7. The number of halogens is 1. The Morgan fingerprint density at radius 3 is 2.27 bits per heavy atom. The molecule has 0 amide bonds. The summed E-state index contributed by atoms with van der Waals surface area (Å²) in [6.45, 7) is 11.6. The standard InChI is InChI=1S/C26H43FN6O5.CH5N/c1-21(2)33-24(7-5-6-10-30-26(29-3)32-11-8-22(34-4)9-12-32)23(19-28)31-25(33)20-37-16-15-35-13-14-36-17-18-38-27;1-2/h6-7,10,19,21-22H,3,5,8-9,11-18,20,28H2,1-2,4H3;2H2,1H3/b10-6-,23-19+,24-7+,30-26?;. The number of piperidine rings is 1. The second-order valence-corrected chi connectivity index (χ2v) is 8.85. The van der Waals surface area contributed by atoms with Gasteiger partial charge in [-0.1, -0.05) is 12.2 Å². The van der Waals surface area contributed by atoms with E-state index < -0.39 is 0 Å². The fraction of sp³-hybridized carbons (Fsp3) is 0.667. The number of rotatable bonds is 16. The molecule has 0 bridgehead atoms. The van der Waals surface area contributed by atoms with Gasteiger partial charge in [0.05, 0.1) is 44.5 Å². The molecular formula is C27H48FN7O5. The van der Waals surface area contributed by atoms with Crippen LogP contribution in [0.1, 0.15) is 45.0 Å². The molecule has 0 saturated carbocycles. The third-order valence-corrected chi connectivity index (χ3v) is 5.95. The number of hydrogen-bond donors (Lipinski definition) is 2.